The third-order valence-electron chi connectivity index (χ3n) is 1.06. The molecule has 0 rings (SSSR count). The summed E-state index contributed by atoms with van der Waals surface area (Å²) in [5.41, 5.74) is 0. The Morgan fingerprint density at radius 1 is 1.14 bits per heavy atom. The lowest BCUT2D eigenvalue weighted by molar-refractivity contribution is -0.241. The summed E-state index contributed by atoms with van der Waals surface area (Å²) in [6.07, 6.45) is -4.71. The van der Waals surface area contributed by atoms with Crippen LogP contribution in [0.4, 0.5) is 22.0 Å². The van der Waals surface area contributed by atoms with Gasteiger partial charge in [0.25, 0.3) is 0 Å². The van der Waals surface area contributed by atoms with E-state index in [2.05, 4.69) is 0 Å². The van der Waals surface area contributed by atoms with Gasteiger partial charge in [0.15, 0.2) is 0 Å². The van der Waals surface area contributed by atoms with Crippen molar-refractivity contribution in [1.82, 2.24) is 4.72 Å². The van der Waals surface area contributed by atoms with Crippen molar-refractivity contribution in [2.45, 2.75) is 18.4 Å². The first-order valence-corrected chi connectivity index (χ1v) is 4.62. The third kappa shape index (κ3) is 2.34. The van der Waals surface area contributed by atoms with Crippen molar-refractivity contribution in [3.05, 3.63) is 12.3 Å². The number of nitrogens with one attached hydrogen (secondary N) is 1. The molecule has 0 aromatic rings. The molecular weight excluding hydrogens is 233 g/mol. The van der Waals surface area contributed by atoms with Crippen molar-refractivity contribution in [3.8, 4) is 0 Å². The van der Waals surface area contributed by atoms with Crippen LogP contribution in [0.5, 0.6) is 0 Å². The molecule has 0 unspecified atom stereocenters. The van der Waals surface area contributed by atoms with Gasteiger partial charge in [0.05, 0.1) is 0 Å². The molecule has 84 valence electrons. The molecule has 0 aromatic carbocycles. The second-order valence-electron chi connectivity index (χ2n) is 2.14. The SMILES string of the molecule is C/C=C\NS(=O)(=O)C(F)(F)C(F)(F)F. The summed E-state index contributed by atoms with van der Waals surface area (Å²) >= 11 is 0. The predicted molar refractivity (Wildman–Crippen MR) is 37.9 cm³/mol. The van der Waals surface area contributed by atoms with E-state index < -0.39 is 21.5 Å². The minimum absolute atomic E-state index is 0.467. The zero-order chi connectivity index (χ0) is 11.6. The van der Waals surface area contributed by atoms with Crippen LogP contribution < -0.4 is 4.72 Å². The number of alkyl halides is 5. The van der Waals surface area contributed by atoms with Crippen LogP contribution in [0, 0.1) is 0 Å². The van der Waals surface area contributed by atoms with Gasteiger partial charge in [0, 0.05) is 6.20 Å². The normalized spacial score (nSPS) is 14.7. The Labute approximate surface area is 76.6 Å². The van der Waals surface area contributed by atoms with Crippen molar-refractivity contribution < 1.29 is 30.4 Å². The van der Waals surface area contributed by atoms with Gasteiger partial charge in [0.1, 0.15) is 0 Å². The molecule has 0 bridgehead atoms. The van der Waals surface area contributed by atoms with Crippen molar-refractivity contribution in [2.24, 2.45) is 0 Å². The Kier molecular flexibility index (Phi) is 3.49. The van der Waals surface area contributed by atoms with Gasteiger partial charge in [-0.15, -0.1) is 0 Å². The lowest BCUT2D eigenvalue weighted by atomic mass is 10.7. The standard InChI is InChI=1S/C5H6F5NO2S/c1-2-3-11-14(12,13)5(9,10)4(6,7)8/h2-3,11H,1H3/b3-2-. The molecule has 1 N–H and O–H groups in total. The van der Waals surface area contributed by atoms with E-state index in [1.807, 2.05) is 0 Å². The van der Waals surface area contributed by atoms with Crippen LogP contribution in [0.1, 0.15) is 6.92 Å². The number of allylic oxidation sites excluding steroid dienone is 1. The van der Waals surface area contributed by atoms with Gasteiger partial charge in [-0.2, -0.15) is 30.4 Å². The Hall–Kier alpha value is -0.860. The molecule has 9 heteroatoms. The quantitative estimate of drug-likeness (QED) is 0.760. The van der Waals surface area contributed by atoms with Crippen molar-refractivity contribution in [2.75, 3.05) is 0 Å². The molecular formula is C5H6F5NO2S. The van der Waals surface area contributed by atoms with E-state index >= 15 is 0 Å². The minimum atomic E-state index is -6.14. The predicted octanol–water partition coefficient (Wildman–Crippen LogP) is 1.59. The van der Waals surface area contributed by atoms with Crippen LogP contribution in [0.15, 0.2) is 12.3 Å². The van der Waals surface area contributed by atoms with Gasteiger partial charge in [-0.05, 0) is 6.92 Å². The highest BCUT2D eigenvalue weighted by atomic mass is 32.2. The smallest absolute Gasteiger partial charge is 0.285 e. The molecule has 0 atom stereocenters. The molecule has 14 heavy (non-hydrogen) atoms. The number of hydrogen-bond donors (Lipinski definition) is 1. The summed E-state index contributed by atoms with van der Waals surface area (Å²) in [4.78, 5) is 0. The fourth-order valence-corrected chi connectivity index (χ4v) is 1.15. The third-order valence-corrected chi connectivity index (χ3v) is 2.41. The molecule has 0 amide bonds. The molecule has 0 spiro atoms. The van der Waals surface area contributed by atoms with Gasteiger partial charge in [-0.25, -0.2) is 0 Å². The Balaban J connectivity index is 5.10. The van der Waals surface area contributed by atoms with Crippen molar-refractivity contribution in [3.63, 3.8) is 0 Å². The number of sulfonamides is 1. The topological polar surface area (TPSA) is 46.2 Å². The summed E-state index contributed by atoms with van der Waals surface area (Å²) in [7, 11) is -5.77. The van der Waals surface area contributed by atoms with E-state index in [0.717, 1.165) is 10.8 Å². The van der Waals surface area contributed by atoms with E-state index in [9.17, 15) is 30.4 Å². The zero-order valence-corrected chi connectivity index (χ0v) is 7.59. The summed E-state index contributed by atoms with van der Waals surface area (Å²) in [6, 6.07) is 0. The zero-order valence-electron chi connectivity index (χ0n) is 6.77. The maximum atomic E-state index is 12.2. The van der Waals surface area contributed by atoms with Crippen LogP contribution >= 0.6 is 0 Å². The first kappa shape index (κ1) is 13.1. The Morgan fingerprint density at radius 2 is 1.57 bits per heavy atom. The lowest BCUT2D eigenvalue weighted by Crippen LogP contribution is -2.48. The first-order valence-electron chi connectivity index (χ1n) is 3.14. The number of hydrogen-bond acceptors (Lipinski definition) is 2. The second kappa shape index (κ2) is 3.71. The summed E-state index contributed by atoms with van der Waals surface area (Å²) in [5, 5.41) is -5.81. The summed E-state index contributed by atoms with van der Waals surface area (Å²) in [5.74, 6) is 0. The summed E-state index contributed by atoms with van der Waals surface area (Å²) < 4.78 is 81.0. The highest BCUT2D eigenvalue weighted by Crippen LogP contribution is 2.39. The van der Waals surface area contributed by atoms with E-state index in [0.29, 0.717) is 6.20 Å². The number of halogens is 5. The van der Waals surface area contributed by atoms with Crippen LogP contribution in [-0.2, 0) is 10.0 Å². The molecule has 0 heterocycles. The van der Waals surface area contributed by atoms with Crippen LogP contribution in [-0.4, -0.2) is 19.8 Å². The monoisotopic (exact) mass is 239 g/mol. The summed E-state index contributed by atoms with van der Waals surface area (Å²) in [6.45, 7) is 1.24. The van der Waals surface area contributed by atoms with E-state index in [4.69, 9.17) is 0 Å². The van der Waals surface area contributed by atoms with Gasteiger partial charge >= 0.3 is 21.5 Å². The van der Waals surface area contributed by atoms with Crippen molar-refractivity contribution in [1.29, 1.82) is 0 Å². The van der Waals surface area contributed by atoms with E-state index in [-0.39, 0.29) is 0 Å². The second-order valence-corrected chi connectivity index (χ2v) is 3.89. The average molecular weight is 239 g/mol. The first-order chi connectivity index (χ1) is 6.06. The molecule has 0 aliphatic rings. The maximum absolute atomic E-state index is 12.2. The Morgan fingerprint density at radius 3 is 1.86 bits per heavy atom. The van der Waals surface area contributed by atoms with Gasteiger partial charge in [-0.3, -0.25) is 4.72 Å². The van der Waals surface area contributed by atoms with Gasteiger partial charge < -0.3 is 0 Å². The molecule has 0 aliphatic heterocycles. The molecule has 0 fully saturated rings. The molecule has 3 nitrogen and oxygen atoms in total. The average Bonchev–Trinajstić information content (AvgIpc) is 1.98. The molecule has 0 saturated carbocycles. The minimum Gasteiger partial charge on any atom is -0.285 e. The van der Waals surface area contributed by atoms with Crippen LogP contribution in [0.2, 0.25) is 0 Å². The largest absolute Gasteiger partial charge is 0.471 e. The van der Waals surface area contributed by atoms with E-state index in [1.165, 1.54) is 6.92 Å². The highest BCUT2D eigenvalue weighted by molar-refractivity contribution is 7.90. The maximum Gasteiger partial charge on any atom is 0.471 e. The lowest BCUT2D eigenvalue weighted by Gasteiger charge is -2.18. The van der Waals surface area contributed by atoms with Crippen molar-refractivity contribution >= 4 is 10.0 Å². The van der Waals surface area contributed by atoms with Crippen LogP contribution in [0.25, 0.3) is 0 Å². The fourth-order valence-electron chi connectivity index (χ4n) is 0.384. The number of rotatable bonds is 3. The fraction of sp³-hybridized carbons (Fsp3) is 0.600. The highest BCUT2D eigenvalue weighted by Gasteiger charge is 2.67. The molecule has 0 aliphatic carbocycles. The van der Waals surface area contributed by atoms with Gasteiger partial charge in [0.2, 0.25) is 0 Å². The van der Waals surface area contributed by atoms with E-state index in [1.54, 1.807) is 0 Å². The molecule has 0 saturated heterocycles. The van der Waals surface area contributed by atoms with Gasteiger partial charge in [-0.1, -0.05) is 6.08 Å². The Bertz CT molecular complexity index is 318. The molecule has 0 radical (unpaired) electrons. The molecule has 0 aromatic heterocycles. The van der Waals surface area contributed by atoms with Crippen LogP contribution in [0.3, 0.4) is 0 Å².